The first kappa shape index (κ1) is 18.3. The van der Waals surface area contributed by atoms with Gasteiger partial charge >= 0.3 is 5.97 Å². The van der Waals surface area contributed by atoms with Gasteiger partial charge in [-0.05, 0) is 41.5 Å². The molecule has 0 aliphatic rings. The Morgan fingerprint density at radius 2 is 1.92 bits per heavy atom. The van der Waals surface area contributed by atoms with E-state index in [2.05, 4.69) is 6.58 Å². The Kier molecular flexibility index (Phi) is 6.77. The summed E-state index contributed by atoms with van der Waals surface area (Å²) in [5, 5.41) is 0. The van der Waals surface area contributed by atoms with Crippen LogP contribution in [0.2, 0.25) is 0 Å². The minimum Gasteiger partial charge on any atom is -0.493 e. The van der Waals surface area contributed by atoms with E-state index in [0.29, 0.717) is 18.1 Å². The largest absolute Gasteiger partial charge is 0.493 e. The van der Waals surface area contributed by atoms with Crippen LogP contribution in [-0.4, -0.2) is 19.7 Å². The predicted octanol–water partition coefficient (Wildman–Crippen LogP) is 4.16. The number of esters is 1. The third-order valence-corrected chi connectivity index (χ3v) is 3.25. The normalized spacial score (nSPS) is 10.5. The average molecular weight is 342 g/mol. The molecule has 2 rings (SSSR count). The van der Waals surface area contributed by atoms with Crippen LogP contribution in [0.3, 0.4) is 0 Å². The first-order chi connectivity index (χ1) is 12.1. The van der Waals surface area contributed by atoms with Gasteiger partial charge in [0, 0.05) is 6.08 Å². The average Bonchev–Trinajstić information content (AvgIpc) is 2.64. The molecule has 0 atom stereocenters. The second kappa shape index (κ2) is 9.27. The second-order valence-electron chi connectivity index (χ2n) is 5.08. The highest BCUT2D eigenvalue weighted by molar-refractivity contribution is 5.87. The Hall–Kier alpha value is -3.08. The molecule has 0 radical (unpaired) electrons. The van der Waals surface area contributed by atoms with Crippen molar-refractivity contribution in [3.05, 3.63) is 78.1 Å². The Balaban J connectivity index is 2.03. The van der Waals surface area contributed by atoms with E-state index in [9.17, 15) is 9.18 Å². The Bertz CT molecular complexity index is 751. The summed E-state index contributed by atoms with van der Waals surface area (Å²) in [5.74, 6) is 0.349. The first-order valence-electron chi connectivity index (χ1n) is 7.63. The van der Waals surface area contributed by atoms with Crippen LogP contribution in [0.1, 0.15) is 11.1 Å². The minimum atomic E-state index is -0.449. The molecule has 0 bridgehead atoms. The fourth-order valence-electron chi connectivity index (χ4n) is 2.00. The van der Waals surface area contributed by atoms with Gasteiger partial charge in [-0.15, -0.1) is 0 Å². The van der Waals surface area contributed by atoms with Crippen LogP contribution in [0.15, 0.2) is 61.2 Å². The third kappa shape index (κ3) is 5.80. The van der Waals surface area contributed by atoms with E-state index in [4.69, 9.17) is 14.2 Å². The molecule has 0 fully saturated rings. The van der Waals surface area contributed by atoms with E-state index in [0.717, 1.165) is 11.1 Å². The number of carbonyl (C=O) groups excluding carboxylic acids is 1. The zero-order valence-corrected chi connectivity index (χ0v) is 13.9. The van der Waals surface area contributed by atoms with Gasteiger partial charge in [0.2, 0.25) is 0 Å². The van der Waals surface area contributed by atoms with Crippen molar-refractivity contribution >= 4 is 12.0 Å². The molecule has 0 aromatic heterocycles. The highest BCUT2D eigenvalue weighted by Crippen LogP contribution is 2.29. The quantitative estimate of drug-likeness (QED) is 0.411. The lowest BCUT2D eigenvalue weighted by Gasteiger charge is -2.11. The molecular weight excluding hydrogens is 323 g/mol. The van der Waals surface area contributed by atoms with Crippen molar-refractivity contribution in [2.75, 3.05) is 13.7 Å². The van der Waals surface area contributed by atoms with Gasteiger partial charge in [0.05, 0.1) is 7.11 Å². The maximum absolute atomic E-state index is 12.9. The minimum absolute atomic E-state index is 0.169. The van der Waals surface area contributed by atoms with Gasteiger partial charge in [0.25, 0.3) is 0 Å². The van der Waals surface area contributed by atoms with Crippen molar-refractivity contribution < 1.29 is 23.4 Å². The van der Waals surface area contributed by atoms with Crippen molar-refractivity contribution in [2.24, 2.45) is 0 Å². The molecule has 4 nitrogen and oxygen atoms in total. The fraction of sp³-hybridized carbons (Fsp3) is 0.150. The molecule has 0 aliphatic carbocycles. The molecule has 0 heterocycles. The molecule has 2 aromatic carbocycles. The number of rotatable bonds is 8. The number of benzene rings is 2. The lowest BCUT2D eigenvalue weighted by Crippen LogP contribution is -2.00. The predicted molar refractivity (Wildman–Crippen MR) is 93.9 cm³/mol. The zero-order chi connectivity index (χ0) is 18.1. The molecule has 0 N–H and O–H groups in total. The van der Waals surface area contributed by atoms with Crippen LogP contribution in [0, 0.1) is 5.82 Å². The molecular formula is C20H19FO4. The summed E-state index contributed by atoms with van der Waals surface area (Å²) >= 11 is 0. The Morgan fingerprint density at radius 3 is 2.60 bits per heavy atom. The highest BCUT2D eigenvalue weighted by Gasteiger charge is 2.06. The lowest BCUT2D eigenvalue weighted by atomic mass is 10.2. The zero-order valence-electron chi connectivity index (χ0n) is 13.9. The van der Waals surface area contributed by atoms with Gasteiger partial charge in [-0.2, -0.15) is 0 Å². The number of ether oxygens (including phenoxy) is 3. The summed E-state index contributed by atoms with van der Waals surface area (Å²) in [4.78, 5) is 11.4. The SMILES string of the molecule is C=CCOC(=O)/C=C/c1ccc(OCc2ccc(F)cc2)c(OC)c1. The van der Waals surface area contributed by atoms with E-state index >= 15 is 0 Å². The summed E-state index contributed by atoms with van der Waals surface area (Å²) in [7, 11) is 1.53. The number of hydrogen-bond donors (Lipinski definition) is 0. The van der Waals surface area contributed by atoms with E-state index in [-0.39, 0.29) is 12.4 Å². The third-order valence-electron chi connectivity index (χ3n) is 3.25. The van der Waals surface area contributed by atoms with Gasteiger partial charge in [-0.25, -0.2) is 9.18 Å². The fourth-order valence-corrected chi connectivity index (χ4v) is 2.00. The Labute approximate surface area is 146 Å². The topological polar surface area (TPSA) is 44.8 Å². The van der Waals surface area contributed by atoms with Crippen LogP contribution in [0.5, 0.6) is 11.5 Å². The van der Waals surface area contributed by atoms with Gasteiger partial charge in [-0.3, -0.25) is 0 Å². The van der Waals surface area contributed by atoms with E-state index in [1.807, 2.05) is 0 Å². The molecule has 130 valence electrons. The van der Waals surface area contributed by atoms with E-state index in [1.165, 1.54) is 31.4 Å². The molecule has 2 aromatic rings. The van der Waals surface area contributed by atoms with Crippen LogP contribution in [-0.2, 0) is 16.1 Å². The maximum Gasteiger partial charge on any atom is 0.331 e. The van der Waals surface area contributed by atoms with Crippen LogP contribution in [0.25, 0.3) is 6.08 Å². The van der Waals surface area contributed by atoms with Crippen molar-refractivity contribution in [2.45, 2.75) is 6.61 Å². The monoisotopic (exact) mass is 342 g/mol. The summed E-state index contributed by atoms with van der Waals surface area (Å²) in [5.41, 5.74) is 1.61. The first-order valence-corrected chi connectivity index (χ1v) is 7.63. The van der Waals surface area contributed by atoms with Crippen LogP contribution in [0.4, 0.5) is 4.39 Å². The van der Waals surface area contributed by atoms with Crippen molar-refractivity contribution in [1.29, 1.82) is 0 Å². The van der Waals surface area contributed by atoms with Gasteiger partial charge < -0.3 is 14.2 Å². The molecule has 0 unspecified atom stereocenters. The second-order valence-corrected chi connectivity index (χ2v) is 5.08. The van der Waals surface area contributed by atoms with Gasteiger partial charge in [0.15, 0.2) is 11.5 Å². The molecule has 0 saturated heterocycles. The maximum atomic E-state index is 12.9. The van der Waals surface area contributed by atoms with E-state index in [1.54, 1.807) is 36.4 Å². The standard InChI is InChI=1S/C20H19FO4/c1-3-12-24-20(22)11-7-15-6-10-18(19(13-15)23-2)25-14-16-4-8-17(21)9-5-16/h3-11,13H,1,12,14H2,2H3/b11-7+. The Morgan fingerprint density at radius 1 is 1.16 bits per heavy atom. The summed E-state index contributed by atoms with van der Waals surface area (Å²) in [6.45, 7) is 3.94. The molecule has 25 heavy (non-hydrogen) atoms. The van der Waals surface area contributed by atoms with Crippen molar-refractivity contribution in [3.63, 3.8) is 0 Å². The highest BCUT2D eigenvalue weighted by atomic mass is 19.1. The van der Waals surface area contributed by atoms with Crippen molar-refractivity contribution in [3.8, 4) is 11.5 Å². The molecule has 0 spiro atoms. The summed E-state index contributed by atoms with van der Waals surface area (Å²) < 4.78 is 28.8. The van der Waals surface area contributed by atoms with Gasteiger partial charge in [0.1, 0.15) is 19.0 Å². The number of halogens is 1. The molecule has 0 saturated carbocycles. The number of methoxy groups -OCH3 is 1. The van der Waals surface area contributed by atoms with Crippen molar-refractivity contribution in [1.82, 2.24) is 0 Å². The summed E-state index contributed by atoms with van der Waals surface area (Å²) in [6.07, 6.45) is 4.46. The van der Waals surface area contributed by atoms with Gasteiger partial charge in [-0.1, -0.05) is 30.9 Å². The number of carbonyl (C=O) groups is 1. The van der Waals surface area contributed by atoms with E-state index < -0.39 is 5.97 Å². The lowest BCUT2D eigenvalue weighted by molar-refractivity contribution is -0.136. The summed E-state index contributed by atoms with van der Waals surface area (Å²) in [6, 6.07) is 11.4. The molecule has 5 heteroatoms. The number of hydrogen-bond acceptors (Lipinski definition) is 4. The van der Waals surface area contributed by atoms with Crippen LogP contribution >= 0.6 is 0 Å². The van der Waals surface area contributed by atoms with Crippen LogP contribution < -0.4 is 9.47 Å². The smallest absolute Gasteiger partial charge is 0.331 e. The molecule has 0 aliphatic heterocycles. The molecule has 0 amide bonds.